The van der Waals surface area contributed by atoms with E-state index in [9.17, 15) is 4.79 Å². The van der Waals surface area contributed by atoms with Crippen LogP contribution < -0.4 is 10.1 Å². The molecule has 6 heteroatoms. The van der Waals surface area contributed by atoms with Crippen molar-refractivity contribution in [2.75, 3.05) is 16.8 Å². The summed E-state index contributed by atoms with van der Waals surface area (Å²) in [7, 11) is 0. The Hall–Kier alpha value is -2.08. The number of hydrogen-bond donors (Lipinski definition) is 1. The van der Waals surface area contributed by atoms with Gasteiger partial charge in [-0.1, -0.05) is 0 Å². The Kier molecular flexibility index (Phi) is 4.35. The van der Waals surface area contributed by atoms with Gasteiger partial charge in [0.15, 0.2) is 0 Å². The molecule has 0 aliphatic carbocycles. The number of carbonyl (C=O) groups is 1. The van der Waals surface area contributed by atoms with Crippen molar-refractivity contribution in [3.8, 4) is 5.88 Å². The lowest BCUT2D eigenvalue weighted by atomic mass is 10.2. The number of anilines is 1. The van der Waals surface area contributed by atoms with Crippen LogP contribution in [0.5, 0.6) is 5.88 Å². The number of pyridine rings is 2. The number of nitrogens with zero attached hydrogens (tertiary/aromatic N) is 2. The maximum Gasteiger partial charge on any atom is 0.257 e. The maximum atomic E-state index is 12.0. The van der Waals surface area contributed by atoms with Gasteiger partial charge in [-0.2, -0.15) is 11.8 Å². The van der Waals surface area contributed by atoms with Crippen LogP contribution >= 0.6 is 11.8 Å². The Morgan fingerprint density at radius 1 is 1.33 bits per heavy atom. The second-order valence-electron chi connectivity index (χ2n) is 4.68. The van der Waals surface area contributed by atoms with Crippen LogP contribution in [0.1, 0.15) is 16.8 Å². The van der Waals surface area contributed by atoms with Crippen molar-refractivity contribution in [3.05, 3.63) is 48.4 Å². The van der Waals surface area contributed by atoms with Crippen molar-refractivity contribution in [1.82, 2.24) is 9.97 Å². The van der Waals surface area contributed by atoms with E-state index in [4.69, 9.17) is 4.74 Å². The van der Waals surface area contributed by atoms with Crippen LogP contribution in [0.3, 0.4) is 0 Å². The van der Waals surface area contributed by atoms with Crippen molar-refractivity contribution in [1.29, 1.82) is 0 Å². The highest BCUT2D eigenvalue weighted by atomic mass is 32.2. The van der Waals surface area contributed by atoms with Crippen molar-refractivity contribution >= 4 is 23.4 Å². The molecule has 0 saturated carbocycles. The second-order valence-corrected chi connectivity index (χ2v) is 5.83. The SMILES string of the molecule is O=C(Nc1cccnc1)c1ccc(OC2CCSC2)nc1. The van der Waals surface area contributed by atoms with E-state index in [2.05, 4.69) is 15.3 Å². The molecule has 21 heavy (non-hydrogen) atoms. The highest BCUT2D eigenvalue weighted by Crippen LogP contribution is 2.22. The summed E-state index contributed by atoms with van der Waals surface area (Å²) < 4.78 is 5.75. The lowest BCUT2D eigenvalue weighted by Gasteiger charge is -2.11. The Morgan fingerprint density at radius 2 is 2.29 bits per heavy atom. The van der Waals surface area contributed by atoms with Crippen LogP contribution in [0.4, 0.5) is 5.69 Å². The zero-order valence-corrected chi connectivity index (χ0v) is 12.2. The Labute approximate surface area is 127 Å². The molecule has 1 amide bonds. The van der Waals surface area contributed by atoms with Gasteiger partial charge in [-0.25, -0.2) is 4.98 Å². The third kappa shape index (κ3) is 3.72. The summed E-state index contributed by atoms with van der Waals surface area (Å²) in [5.41, 5.74) is 1.15. The van der Waals surface area contributed by atoms with Gasteiger partial charge in [0.05, 0.1) is 17.4 Å². The highest BCUT2D eigenvalue weighted by molar-refractivity contribution is 7.99. The number of rotatable bonds is 4. The quantitative estimate of drug-likeness (QED) is 0.940. The van der Waals surface area contributed by atoms with Gasteiger partial charge in [0.2, 0.25) is 5.88 Å². The molecule has 1 aliphatic rings. The smallest absolute Gasteiger partial charge is 0.257 e. The second kappa shape index (κ2) is 6.58. The number of thioether (sulfide) groups is 1. The number of amides is 1. The molecule has 1 fully saturated rings. The predicted molar refractivity (Wildman–Crippen MR) is 82.8 cm³/mol. The summed E-state index contributed by atoms with van der Waals surface area (Å²) in [6.45, 7) is 0. The largest absolute Gasteiger partial charge is 0.473 e. The zero-order chi connectivity index (χ0) is 14.5. The molecule has 1 saturated heterocycles. The van der Waals surface area contributed by atoms with Gasteiger partial charge in [0, 0.05) is 24.2 Å². The fourth-order valence-corrected chi connectivity index (χ4v) is 3.09. The monoisotopic (exact) mass is 301 g/mol. The summed E-state index contributed by atoms with van der Waals surface area (Å²) in [4.78, 5) is 20.2. The molecule has 0 spiro atoms. The van der Waals surface area contributed by atoms with Gasteiger partial charge in [-0.3, -0.25) is 9.78 Å². The Bertz CT molecular complexity index is 598. The molecule has 0 aromatic carbocycles. The van der Waals surface area contributed by atoms with Gasteiger partial charge in [0.1, 0.15) is 6.10 Å². The van der Waals surface area contributed by atoms with Gasteiger partial charge >= 0.3 is 0 Å². The zero-order valence-electron chi connectivity index (χ0n) is 11.4. The van der Waals surface area contributed by atoms with E-state index >= 15 is 0 Å². The fraction of sp³-hybridized carbons (Fsp3) is 0.267. The predicted octanol–water partition coefficient (Wildman–Crippen LogP) is 2.61. The molecule has 0 bridgehead atoms. The summed E-state index contributed by atoms with van der Waals surface area (Å²) in [5, 5.41) is 2.77. The maximum absolute atomic E-state index is 12.0. The van der Waals surface area contributed by atoms with E-state index in [0.717, 1.165) is 17.9 Å². The molecule has 1 N–H and O–H groups in total. The van der Waals surface area contributed by atoms with Crippen molar-refractivity contribution in [2.24, 2.45) is 0 Å². The van der Waals surface area contributed by atoms with E-state index in [1.165, 1.54) is 6.20 Å². The van der Waals surface area contributed by atoms with E-state index in [-0.39, 0.29) is 12.0 Å². The number of carbonyl (C=O) groups excluding carboxylic acids is 1. The van der Waals surface area contributed by atoms with Crippen molar-refractivity contribution in [2.45, 2.75) is 12.5 Å². The van der Waals surface area contributed by atoms with Gasteiger partial charge in [0.25, 0.3) is 5.91 Å². The van der Waals surface area contributed by atoms with Crippen molar-refractivity contribution < 1.29 is 9.53 Å². The van der Waals surface area contributed by atoms with E-state index < -0.39 is 0 Å². The topological polar surface area (TPSA) is 64.1 Å². The van der Waals surface area contributed by atoms with E-state index in [1.54, 1.807) is 36.7 Å². The molecule has 0 radical (unpaired) electrons. The molecule has 108 valence electrons. The van der Waals surface area contributed by atoms with Gasteiger partial charge < -0.3 is 10.1 Å². The van der Waals surface area contributed by atoms with Crippen LogP contribution in [0.25, 0.3) is 0 Å². The first-order chi connectivity index (χ1) is 10.3. The Morgan fingerprint density at radius 3 is 2.95 bits per heavy atom. The minimum Gasteiger partial charge on any atom is -0.473 e. The lowest BCUT2D eigenvalue weighted by Crippen LogP contribution is -2.16. The molecule has 5 nitrogen and oxygen atoms in total. The molecule has 3 rings (SSSR count). The standard InChI is InChI=1S/C15H15N3O2S/c19-15(18-12-2-1-6-16-9-12)11-3-4-14(17-8-11)20-13-5-7-21-10-13/h1-4,6,8-9,13H,5,7,10H2,(H,18,19). The van der Waals surface area contributed by atoms with Crippen LogP contribution in [0, 0.1) is 0 Å². The number of ether oxygens (including phenoxy) is 1. The minimum absolute atomic E-state index is 0.210. The first-order valence-corrected chi connectivity index (χ1v) is 7.88. The van der Waals surface area contributed by atoms with E-state index in [0.29, 0.717) is 17.1 Å². The third-order valence-electron chi connectivity index (χ3n) is 3.09. The third-order valence-corrected chi connectivity index (χ3v) is 4.23. The molecule has 2 aromatic rings. The number of aromatic nitrogens is 2. The van der Waals surface area contributed by atoms with Crippen LogP contribution in [-0.2, 0) is 0 Å². The number of hydrogen-bond acceptors (Lipinski definition) is 5. The molecule has 2 aromatic heterocycles. The first-order valence-electron chi connectivity index (χ1n) is 6.73. The van der Waals surface area contributed by atoms with Crippen molar-refractivity contribution in [3.63, 3.8) is 0 Å². The van der Waals surface area contributed by atoms with Crippen LogP contribution in [-0.4, -0.2) is 33.5 Å². The number of nitrogens with one attached hydrogen (secondary N) is 1. The van der Waals surface area contributed by atoms with Gasteiger partial charge in [-0.15, -0.1) is 0 Å². The highest BCUT2D eigenvalue weighted by Gasteiger charge is 2.17. The van der Waals surface area contributed by atoms with Gasteiger partial charge in [-0.05, 0) is 30.4 Å². The molecule has 3 heterocycles. The summed E-state index contributed by atoms with van der Waals surface area (Å²) >= 11 is 1.89. The molecule has 1 atom stereocenters. The fourth-order valence-electron chi connectivity index (χ4n) is 2.00. The molecular formula is C15H15N3O2S. The Balaban J connectivity index is 1.62. The lowest BCUT2D eigenvalue weighted by molar-refractivity contribution is 0.102. The average molecular weight is 301 g/mol. The molecule has 1 unspecified atom stereocenters. The molecule has 1 aliphatic heterocycles. The van der Waals surface area contributed by atoms with Crippen LogP contribution in [0.2, 0.25) is 0 Å². The normalized spacial score (nSPS) is 17.4. The molecular weight excluding hydrogens is 286 g/mol. The summed E-state index contributed by atoms with van der Waals surface area (Å²) in [6, 6.07) is 7.01. The summed E-state index contributed by atoms with van der Waals surface area (Å²) in [6.07, 6.45) is 6.07. The average Bonchev–Trinajstić information content (AvgIpc) is 3.02. The van der Waals surface area contributed by atoms with E-state index in [1.807, 2.05) is 11.8 Å². The first kappa shape index (κ1) is 13.9. The summed E-state index contributed by atoms with van der Waals surface area (Å²) in [5.74, 6) is 2.50. The minimum atomic E-state index is -0.210. The van der Waals surface area contributed by atoms with Crippen LogP contribution in [0.15, 0.2) is 42.9 Å².